The predicted octanol–water partition coefficient (Wildman–Crippen LogP) is 2.38. The fourth-order valence-electron chi connectivity index (χ4n) is 2.33. The van der Waals surface area contributed by atoms with Gasteiger partial charge in [-0.1, -0.05) is 11.6 Å². The lowest BCUT2D eigenvalue weighted by atomic mass is 9.84. The molecule has 1 aliphatic carbocycles. The third-order valence-corrected chi connectivity index (χ3v) is 3.67. The minimum atomic E-state index is -0.774. The highest BCUT2D eigenvalue weighted by Crippen LogP contribution is 2.33. The maximum Gasteiger partial charge on any atom is 0.251 e. The van der Waals surface area contributed by atoms with E-state index < -0.39 is 11.7 Å². The van der Waals surface area contributed by atoms with Crippen molar-refractivity contribution in [3.63, 3.8) is 0 Å². The fourth-order valence-corrected chi connectivity index (χ4v) is 2.57. The van der Waals surface area contributed by atoms with Crippen molar-refractivity contribution < 1.29 is 9.18 Å². The molecule has 7 heteroatoms. The van der Waals surface area contributed by atoms with Crippen LogP contribution in [0.4, 0.5) is 4.39 Å². The number of primary amides is 1. The van der Waals surface area contributed by atoms with E-state index in [2.05, 4.69) is 4.98 Å². The number of pyridine rings is 1. The van der Waals surface area contributed by atoms with Gasteiger partial charge in [-0.3, -0.25) is 4.79 Å². The SMILES string of the molecule is Cl.NC(=O)c1cc(F)c(C2CCC(N)CC2)nc1Cl. The molecule has 2 rings (SSSR count). The highest BCUT2D eigenvalue weighted by atomic mass is 35.5. The first-order chi connectivity index (χ1) is 8.49. The number of nitrogens with two attached hydrogens (primary N) is 2. The molecule has 4 N–H and O–H groups in total. The van der Waals surface area contributed by atoms with Gasteiger partial charge in [-0.15, -0.1) is 12.4 Å². The van der Waals surface area contributed by atoms with E-state index in [1.54, 1.807) is 0 Å². The highest BCUT2D eigenvalue weighted by Gasteiger charge is 2.25. The van der Waals surface area contributed by atoms with Crippen LogP contribution in [0.25, 0.3) is 0 Å². The topological polar surface area (TPSA) is 82.0 Å². The van der Waals surface area contributed by atoms with Crippen LogP contribution >= 0.6 is 24.0 Å². The van der Waals surface area contributed by atoms with Gasteiger partial charge in [0.25, 0.3) is 5.91 Å². The van der Waals surface area contributed by atoms with Crippen LogP contribution in [-0.4, -0.2) is 16.9 Å². The molecule has 0 aromatic carbocycles. The molecule has 1 aromatic rings. The molecule has 1 aliphatic rings. The van der Waals surface area contributed by atoms with Crippen LogP contribution in [0.5, 0.6) is 0 Å². The van der Waals surface area contributed by atoms with E-state index in [1.807, 2.05) is 0 Å². The Kier molecular flexibility index (Phi) is 5.52. The van der Waals surface area contributed by atoms with Crippen molar-refractivity contribution in [1.29, 1.82) is 0 Å². The molecular formula is C12H16Cl2FN3O. The van der Waals surface area contributed by atoms with E-state index in [0.29, 0.717) is 5.69 Å². The summed E-state index contributed by atoms with van der Waals surface area (Å²) in [6, 6.07) is 1.26. The van der Waals surface area contributed by atoms with E-state index >= 15 is 0 Å². The molecule has 19 heavy (non-hydrogen) atoms. The third-order valence-electron chi connectivity index (χ3n) is 3.38. The molecule has 1 heterocycles. The molecular weight excluding hydrogens is 292 g/mol. The molecule has 0 radical (unpaired) electrons. The lowest BCUT2D eigenvalue weighted by Gasteiger charge is -2.26. The summed E-state index contributed by atoms with van der Waals surface area (Å²) in [5, 5.41) is -0.0335. The first-order valence-electron chi connectivity index (χ1n) is 5.90. The summed E-state index contributed by atoms with van der Waals surface area (Å²) >= 11 is 5.84. The van der Waals surface area contributed by atoms with Crippen molar-refractivity contribution in [3.8, 4) is 0 Å². The maximum atomic E-state index is 13.9. The monoisotopic (exact) mass is 307 g/mol. The van der Waals surface area contributed by atoms with Crippen LogP contribution in [0.2, 0.25) is 5.15 Å². The molecule has 0 spiro atoms. The zero-order valence-electron chi connectivity index (χ0n) is 10.2. The third kappa shape index (κ3) is 3.55. The van der Waals surface area contributed by atoms with Crippen LogP contribution in [0.1, 0.15) is 47.7 Å². The summed E-state index contributed by atoms with van der Waals surface area (Å²) in [5.74, 6) is -1.28. The second kappa shape index (κ2) is 6.50. The molecule has 0 aliphatic heterocycles. The normalized spacial score (nSPS) is 22.7. The highest BCUT2D eigenvalue weighted by molar-refractivity contribution is 6.32. The van der Waals surface area contributed by atoms with Crippen molar-refractivity contribution in [2.24, 2.45) is 11.5 Å². The predicted molar refractivity (Wildman–Crippen MR) is 74.2 cm³/mol. The Labute approximate surface area is 122 Å². The second-order valence-electron chi connectivity index (χ2n) is 4.67. The minimum absolute atomic E-state index is 0. The average Bonchev–Trinajstić information content (AvgIpc) is 2.32. The maximum absolute atomic E-state index is 13.9. The van der Waals surface area contributed by atoms with Gasteiger partial charge in [0.15, 0.2) is 0 Å². The molecule has 0 atom stereocenters. The standard InChI is InChI=1S/C12H15ClFN3O.ClH/c13-11-8(12(16)18)5-9(14)10(17-11)6-1-3-7(15)4-2-6;/h5-7H,1-4,15H2,(H2,16,18);1H. The van der Waals surface area contributed by atoms with E-state index in [-0.39, 0.29) is 35.1 Å². The Bertz CT molecular complexity index is 476. The molecule has 4 nitrogen and oxygen atoms in total. The van der Waals surface area contributed by atoms with Gasteiger partial charge in [0, 0.05) is 12.0 Å². The van der Waals surface area contributed by atoms with Gasteiger partial charge < -0.3 is 11.5 Å². The summed E-state index contributed by atoms with van der Waals surface area (Å²) in [4.78, 5) is 15.0. The number of rotatable bonds is 2. The lowest BCUT2D eigenvalue weighted by Crippen LogP contribution is -2.26. The largest absolute Gasteiger partial charge is 0.366 e. The summed E-state index contributed by atoms with van der Waals surface area (Å²) in [5.41, 5.74) is 11.1. The van der Waals surface area contributed by atoms with Crippen LogP contribution in [-0.2, 0) is 0 Å². The van der Waals surface area contributed by atoms with Crippen LogP contribution in [0.3, 0.4) is 0 Å². The summed E-state index contributed by atoms with van der Waals surface area (Å²) in [6.45, 7) is 0. The Morgan fingerprint density at radius 3 is 2.47 bits per heavy atom. The van der Waals surface area contributed by atoms with Gasteiger partial charge in [0.2, 0.25) is 0 Å². The molecule has 1 amide bonds. The fraction of sp³-hybridized carbons (Fsp3) is 0.500. The van der Waals surface area contributed by atoms with E-state index in [1.165, 1.54) is 0 Å². The molecule has 1 saturated carbocycles. The number of carbonyl (C=O) groups is 1. The van der Waals surface area contributed by atoms with Crippen molar-refractivity contribution >= 4 is 29.9 Å². The zero-order valence-corrected chi connectivity index (χ0v) is 11.8. The van der Waals surface area contributed by atoms with Crippen LogP contribution in [0.15, 0.2) is 6.07 Å². The number of halogens is 3. The van der Waals surface area contributed by atoms with E-state index in [4.69, 9.17) is 23.1 Å². The number of hydrogen-bond donors (Lipinski definition) is 2. The van der Waals surface area contributed by atoms with Crippen LogP contribution in [0, 0.1) is 5.82 Å². The van der Waals surface area contributed by atoms with Crippen LogP contribution < -0.4 is 11.5 Å². The molecule has 106 valence electrons. The smallest absolute Gasteiger partial charge is 0.251 e. The average molecular weight is 308 g/mol. The molecule has 0 unspecified atom stereocenters. The Balaban J connectivity index is 0.00000180. The second-order valence-corrected chi connectivity index (χ2v) is 5.03. The summed E-state index contributed by atoms with van der Waals surface area (Å²) in [7, 11) is 0. The summed E-state index contributed by atoms with van der Waals surface area (Å²) < 4.78 is 13.9. The molecule has 1 fully saturated rings. The molecule has 1 aromatic heterocycles. The van der Waals surface area contributed by atoms with E-state index in [0.717, 1.165) is 31.7 Å². The Hall–Kier alpha value is -0.910. The first-order valence-corrected chi connectivity index (χ1v) is 6.28. The van der Waals surface area contributed by atoms with Gasteiger partial charge in [0.05, 0.1) is 11.3 Å². The summed E-state index contributed by atoms with van der Waals surface area (Å²) in [6.07, 6.45) is 3.27. The lowest BCUT2D eigenvalue weighted by molar-refractivity contribution is 0.0999. The number of amides is 1. The number of aromatic nitrogens is 1. The van der Waals surface area contributed by atoms with Crippen molar-refractivity contribution in [3.05, 3.63) is 28.3 Å². The Morgan fingerprint density at radius 1 is 1.37 bits per heavy atom. The zero-order chi connectivity index (χ0) is 13.3. The van der Waals surface area contributed by atoms with Gasteiger partial charge >= 0.3 is 0 Å². The Morgan fingerprint density at radius 2 is 1.95 bits per heavy atom. The first kappa shape index (κ1) is 16.1. The van der Waals surface area contributed by atoms with Crippen molar-refractivity contribution in [1.82, 2.24) is 4.98 Å². The number of hydrogen-bond acceptors (Lipinski definition) is 3. The number of nitrogens with zero attached hydrogens (tertiary/aromatic N) is 1. The quantitative estimate of drug-likeness (QED) is 0.823. The number of carbonyl (C=O) groups excluding carboxylic acids is 1. The van der Waals surface area contributed by atoms with Gasteiger partial charge in [-0.05, 0) is 31.7 Å². The molecule has 0 bridgehead atoms. The minimum Gasteiger partial charge on any atom is -0.366 e. The van der Waals surface area contributed by atoms with Crippen molar-refractivity contribution in [2.75, 3.05) is 0 Å². The molecule has 0 saturated heterocycles. The van der Waals surface area contributed by atoms with Crippen molar-refractivity contribution in [2.45, 2.75) is 37.6 Å². The van der Waals surface area contributed by atoms with Gasteiger partial charge in [-0.2, -0.15) is 0 Å². The van der Waals surface area contributed by atoms with Gasteiger partial charge in [0.1, 0.15) is 11.0 Å². The van der Waals surface area contributed by atoms with Gasteiger partial charge in [-0.25, -0.2) is 9.37 Å². The van der Waals surface area contributed by atoms with E-state index in [9.17, 15) is 9.18 Å².